The lowest BCUT2D eigenvalue weighted by Crippen LogP contribution is -2.35. The highest BCUT2D eigenvalue weighted by molar-refractivity contribution is 5.87. The van der Waals surface area contributed by atoms with Crippen molar-refractivity contribution in [2.75, 3.05) is 13.2 Å². The van der Waals surface area contributed by atoms with Crippen LogP contribution in [0.5, 0.6) is 0 Å². The first-order valence-electron chi connectivity index (χ1n) is 5.26. The van der Waals surface area contributed by atoms with Crippen LogP contribution >= 0.6 is 0 Å². The summed E-state index contributed by atoms with van der Waals surface area (Å²) in [5.74, 6) is -0.984. The maximum Gasteiger partial charge on any atom is 0.335 e. The first-order valence-corrected chi connectivity index (χ1v) is 5.26. The van der Waals surface area contributed by atoms with Crippen molar-refractivity contribution in [3.05, 3.63) is 35.4 Å². The van der Waals surface area contributed by atoms with E-state index in [0.29, 0.717) is 18.6 Å². The highest BCUT2D eigenvalue weighted by atomic mass is 16.5. The molecule has 1 fully saturated rings. The van der Waals surface area contributed by atoms with Crippen molar-refractivity contribution < 1.29 is 19.7 Å². The van der Waals surface area contributed by atoms with Gasteiger partial charge in [0.25, 0.3) is 0 Å². The number of carboxylic acids is 1. The van der Waals surface area contributed by atoms with Crippen molar-refractivity contribution in [1.29, 1.82) is 0 Å². The van der Waals surface area contributed by atoms with Crippen LogP contribution in [0.2, 0.25) is 0 Å². The Morgan fingerprint density at radius 1 is 1.44 bits per heavy atom. The van der Waals surface area contributed by atoms with E-state index >= 15 is 0 Å². The minimum Gasteiger partial charge on any atom is -0.478 e. The van der Waals surface area contributed by atoms with Gasteiger partial charge in [0.2, 0.25) is 0 Å². The van der Waals surface area contributed by atoms with Crippen LogP contribution in [0, 0.1) is 0 Å². The van der Waals surface area contributed by atoms with Gasteiger partial charge in [-0.3, -0.25) is 0 Å². The second-order valence-corrected chi connectivity index (χ2v) is 4.07. The highest BCUT2D eigenvalue weighted by Crippen LogP contribution is 2.30. The number of aromatic carboxylic acids is 1. The molecular formula is C12H14O4. The van der Waals surface area contributed by atoms with Crippen LogP contribution in [0.1, 0.15) is 28.8 Å². The van der Waals surface area contributed by atoms with Crippen LogP contribution in [-0.2, 0) is 10.3 Å². The summed E-state index contributed by atoms with van der Waals surface area (Å²) in [7, 11) is 0. The number of ether oxygens (including phenoxy) is 1. The summed E-state index contributed by atoms with van der Waals surface area (Å²) in [4.78, 5) is 10.8. The van der Waals surface area contributed by atoms with E-state index in [2.05, 4.69) is 0 Å². The molecule has 1 aromatic rings. The number of aliphatic hydroxyl groups is 1. The fourth-order valence-corrected chi connectivity index (χ4v) is 1.95. The molecule has 86 valence electrons. The van der Waals surface area contributed by atoms with Gasteiger partial charge in [-0.05, 0) is 30.5 Å². The first kappa shape index (κ1) is 11.1. The van der Waals surface area contributed by atoms with E-state index in [1.54, 1.807) is 12.1 Å². The molecule has 4 heteroatoms. The molecule has 1 unspecified atom stereocenters. The zero-order chi connectivity index (χ0) is 11.6. The average Bonchev–Trinajstić information content (AvgIpc) is 2.30. The van der Waals surface area contributed by atoms with Gasteiger partial charge >= 0.3 is 5.97 Å². The molecule has 16 heavy (non-hydrogen) atoms. The molecule has 2 rings (SSSR count). The largest absolute Gasteiger partial charge is 0.478 e. The van der Waals surface area contributed by atoms with Gasteiger partial charge < -0.3 is 14.9 Å². The minimum absolute atomic E-state index is 0.191. The second-order valence-electron chi connectivity index (χ2n) is 4.07. The van der Waals surface area contributed by atoms with Crippen molar-refractivity contribution in [3.63, 3.8) is 0 Å². The maximum atomic E-state index is 10.8. The zero-order valence-electron chi connectivity index (χ0n) is 8.85. The van der Waals surface area contributed by atoms with Gasteiger partial charge in [0, 0.05) is 6.61 Å². The molecule has 0 amide bonds. The summed E-state index contributed by atoms with van der Waals surface area (Å²) >= 11 is 0. The smallest absolute Gasteiger partial charge is 0.335 e. The highest BCUT2D eigenvalue weighted by Gasteiger charge is 2.32. The molecule has 0 saturated carbocycles. The van der Waals surface area contributed by atoms with Crippen molar-refractivity contribution in [2.45, 2.75) is 18.4 Å². The van der Waals surface area contributed by atoms with E-state index in [4.69, 9.17) is 9.84 Å². The summed E-state index contributed by atoms with van der Waals surface area (Å²) in [6, 6.07) is 6.41. The van der Waals surface area contributed by atoms with Crippen molar-refractivity contribution in [3.8, 4) is 0 Å². The third-order valence-corrected chi connectivity index (χ3v) is 2.87. The summed E-state index contributed by atoms with van der Waals surface area (Å²) in [5, 5.41) is 19.2. The predicted molar refractivity (Wildman–Crippen MR) is 57.4 cm³/mol. The van der Waals surface area contributed by atoms with Crippen molar-refractivity contribution in [1.82, 2.24) is 0 Å². The monoisotopic (exact) mass is 222 g/mol. The zero-order valence-corrected chi connectivity index (χ0v) is 8.85. The summed E-state index contributed by atoms with van der Waals surface area (Å²) in [6.07, 6.45) is 1.39. The normalized spacial score (nSPS) is 25.3. The maximum absolute atomic E-state index is 10.8. The molecule has 1 atom stereocenters. The number of hydrogen-bond donors (Lipinski definition) is 2. The lowest BCUT2D eigenvalue weighted by Gasteiger charge is -2.32. The molecule has 1 heterocycles. The van der Waals surface area contributed by atoms with E-state index in [1.807, 2.05) is 0 Å². The number of rotatable bonds is 2. The first-order chi connectivity index (χ1) is 7.62. The fraction of sp³-hybridized carbons (Fsp3) is 0.417. The summed E-state index contributed by atoms with van der Waals surface area (Å²) in [5.41, 5.74) is -0.229. The van der Waals surface area contributed by atoms with Crippen molar-refractivity contribution in [2.24, 2.45) is 0 Å². The molecule has 1 aromatic carbocycles. The number of hydrogen-bond acceptors (Lipinski definition) is 3. The predicted octanol–water partition coefficient (Wildman–Crippen LogP) is 1.38. The molecule has 1 aliphatic heterocycles. The lowest BCUT2D eigenvalue weighted by molar-refractivity contribution is -0.0903. The number of benzene rings is 1. The molecule has 2 N–H and O–H groups in total. The molecule has 0 spiro atoms. The SMILES string of the molecule is O=C(O)c1cccc(C2(O)CCCOC2)c1. The molecule has 1 saturated heterocycles. The van der Waals surface area contributed by atoms with Gasteiger partial charge in [-0.15, -0.1) is 0 Å². The minimum atomic E-state index is -1.04. The van der Waals surface area contributed by atoms with Crippen LogP contribution < -0.4 is 0 Å². The van der Waals surface area contributed by atoms with Crippen LogP contribution in [-0.4, -0.2) is 29.4 Å². The number of carbonyl (C=O) groups is 1. The van der Waals surface area contributed by atoms with Gasteiger partial charge in [0.15, 0.2) is 0 Å². The third kappa shape index (κ3) is 2.08. The Labute approximate surface area is 93.5 Å². The Morgan fingerprint density at radius 2 is 2.25 bits per heavy atom. The van der Waals surface area contributed by atoms with Crippen molar-refractivity contribution >= 4 is 5.97 Å². The van der Waals surface area contributed by atoms with E-state index in [1.165, 1.54) is 12.1 Å². The molecule has 0 radical (unpaired) electrons. The Morgan fingerprint density at radius 3 is 2.88 bits per heavy atom. The van der Waals surface area contributed by atoms with Crippen LogP contribution in [0.3, 0.4) is 0 Å². The molecule has 0 aromatic heterocycles. The average molecular weight is 222 g/mol. The fourth-order valence-electron chi connectivity index (χ4n) is 1.95. The Bertz CT molecular complexity index is 394. The van der Waals surface area contributed by atoms with Gasteiger partial charge in [-0.1, -0.05) is 12.1 Å². The van der Waals surface area contributed by atoms with Crippen LogP contribution in [0.15, 0.2) is 24.3 Å². The van der Waals surface area contributed by atoms with Gasteiger partial charge in [0.05, 0.1) is 12.2 Å². The molecular weight excluding hydrogens is 208 g/mol. The Kier molecular flexibility index (Phi) is 2.94. The molecule has 1 aliphatic rings. The topological polar surface area (TPSA) is 66.8 Å². The second kappa shape index (κ2) is 4.23. The molecule has 0 aliphatic carbocycles. The van der Waals surface area contributed by atoms with Gasteiger partial charge in [0.1, 0.15) is 5.60 Å². The Balaban J connectivity index is 2.31. The lowest BCUT2D eigenvalue weighted by atomic mass is 9.87. The molecule has 0 bridgehead atoms. The number of carboxylic acid groups (broad SMARTS) is 1. The van der Waals surface area contributed by atoms with Crippen LogP contribution in [0.4, 0.5) is 0 Å². The summed E-state index contributed by atoms with van der Waals surface area (Å²) in [6.45, 7) is 0.886. The molecule has 4 nitrogen and oxygen atoms in total. The summed E-state index contributed by atoms with van der Waals surface area (Å²) < 4.78 is 5.24. The van der Waals surface area contributed by atoms with E-state index in [0.717, 1.165) is 6.42 Å². The van der Waals surface area contributed by atoms with E-state index in [9.17, 15) is 9.90 Å². The third-order valence-electron chi connectivity index (χ3n) is 2.87. The quantitative estimate of drug-likeness (QED) is 0.793. The standard InChI is InChI=1S/C12H14O4/c13-11(14)9-3-1-4-10(7-9)12(15)5-2-6-16-8-12/h1,3-4,7,15H,2,5-6,8H2,(H,13,14). The van der Waals surface area contributed by atoms with Gasteiger partial charge in [-0.2, -0.15) is 0 Å². The van der Waals surface area contributed by atoms with Crippen LogP contribution in [0.25, 0.3) is 0 Å². The van der Waals surface area contributed by atoms with Gasteiger partial charge in [-0.25, -0.2) is 4.79 Å². The van der Waals surface area contributed by atoms with E-state index in [-0.39, 0.29) is 12.2 Å². The van der Waals surface area contributed by atoms with E-state index < -0.39 is 11.6 Å². The Hall–Kier alpha value is -1.39.